The number of likely N-dealkylation sites (N-methyl/N-ethyl adjacent to an activating group) is 1. The van der Waals surface area contributed by atoms with Gasteiger partial charge < -0.3 is 9.64 Å². The lowest BCUT2D eigenvalue weighted by atomic mass is 10.2. The van der Waals surface area contributed by atoms with Gasteiger partial charge in [-0.05, 0) is 30.5 Å². The van der Waals surface area contributed by atoms with Gasteiger partial charge in [-0.3, -0.25) is 0 Å². The average molecular weight is 240 g/mol. The predicted octanol–water partition coefficient (Wildman–Crippen LogP) is 3.04. The molecule has 1 aromatic carbocycles. The third-order valence-corrected chi connectivity index (χ3v) is 3.34. The van der Waals surface area contributed by atoms with Crippen LogP contribution in [0.2, 0.25) is 0 Å². The lowest BCUT2D eigenvalue weighted by Gasteiger charge is -2.22. The largest absolute Gasteiger partial charge is 0.376 e. The monoisotopic (exact) mass is 239 g/mol. The van der Waals surface area contributed by atoms with Crippen molar-refractivity contribution in [3.63, 3.8) is 0 Å². The Labute approximate surface area is 102 Å². The highest BCUT2D eigenvalue weighted by Crippen LogP contribution is 2.18. The van der Waals surface area contributed by atoms with Gasteiger partial charge in [0, 0.05) is 31.8 Å². The third kappa shape index (κ3) is 2.89. The topological polar surface area (TPSA) is 12.5 Å². The summed E-state index contributed by atoms with van der Waals surface area (Å²) in [6.45, 7) is 1.89. The number of rotatable bonds is 4. The zero-order chi connectivity index (χ0) is 11.4. The number of ether oxygens (including phenoxy) is 1. The summed E-state index contributed by atoms with van der Waals surface area (Å²) in [7, 11) is 2.11. The van der Waals surface area contributed by atoms with E-state index >= 15 is 0 Å². The lowest BCUT2D eigenvalue weighted by Crippen LogP contribution is -2.28. The van der Waals surface area contributed by atoms with Crippen LogP contribution in [0, 0.1) is 0 Å². The fourth-order valence-electron chi connectivity index (χ4n) is 2.04. The van der Waals surface area contributed by atoms with E-state index < -0.39 is 0 Å². The highest BCUT2D eigenvalue weighted by molar-refractivity contribution is 6.17. The molecule has 1 aromatic rings. The van der Waals surface area contributed by atoms with Crippen LogP contribution in [0.25, 0.3) is 0 Å². The van der Waals surface area contributed by atoms with Crippen molar-refractivity contribution in [2.75, 3.05) is 25.1 Å². The Balaban J connectivity index is 1.94. The Bertz CT molecular complexity index is 319. The summed E-state index contributed by atoms with van der Waals surface area (Å²) >= 11 is 5.76. The summed E-state index contributed by atoms with van der Waals surface area (Å²) in [5.41, 5.74) is 2.39. The maximum absolute atomic E-state index is 5.76. The van der Waals surface area contributed by atoms with Gasteiger partial charge in [0.25, 0.3) is 0 Å². The molecule has 88 valence electrons. The van der Waals surface area contributed by atoms with E-state index in [4.69, 9.17) is 16.3 Å². The van der Waals surface area contributed by atoms with E-state index in [1.54, 1.807) is 0 Å². The first kappa shape index (κ1) is 11.7. The normalized spacial score (nSPS) is 20.0. The molecular formula is C13H18ClNO. The molecule has 1 saturated heterocycles. The van der Waals surface area contributed by atoms with Crippen molar-refractivity contribution in [1.82, 2.24) is 0 Å². The summed E-state index contributed by atoms with van der Waals surface area (Å²) in [6.07, 6.45) is 2.78. The molecule has 1 atom stereocenters. The van der Waals surface area contributed by atoms with E-state index in [0.29, 0.717) is 12.0 Å². The van der Waals surface area contributed by atoms with E-state index in [-0.39, 0.29) is 0 Å². The molecule has 2 nitrogen and oxygen atoms in total. The van der Waals surface area contributed by atoms with Crippen LogP contribution >= 0.6 is 11.6 Å². The minimum Gasteiger partial charge on any atom is -0.376 e. The number of anilines is 1. The van der Waals surface area contributed by atoms with Gasteiger partial charge >= 0.3 is 0 Å². The van der Waals surface area contributed by atoms with Crippen molar-refractivity contribution in [1.29, 1.82) is 0 Å². The first-order valence-electron chi connectivity index (χ1n) is 5.77. The summed E-state index contributed by atoms with van der Waals surface area (Å²) in [5.74, 6) is 0.579. The van der Waals surface area contributed by atoms with Gasteiger partial charge in [-0.2, -0.15) is 0 Å². The van der Waals surface area contributed by atoms with Crippen LogP contribution in [0.5, 0.6) is 0 Å². The molecule has 3 heteroatoms. The summed E-state index contributed by atoms with van der Waals surface area (Å²) in [5, 5.41) is 0. The van der Waals surface area contributed by atoms with Crippen molar-refractivity contribution in [3.05, 3.63) is 29.8 Å². The second kappa shape index (κ2) is 5.55. The first-order chi connectivity index (χ1) is 7.79. The quantitative estimate of drug-likeness (QED) is 0.749. The number of alkyl halides is 1. The molecule has 1 fully saturated rings. The van der Waals surface area contributed by atoms with Crippen LogP contribution in [0.4, 0.5) is 5.69 Å². The molecule has 1 heterocycles. The van der Waals surface area contributed by atoms with Crippen LogP contribution in [0.15, 0.2) is 24.3 Å². The van der Waals surface area contributed by atoms with Crippen LogP contribution in [0.1, 0.15) is 18.4 Å². The number of nitrogens with zero attached hydrogens (tertiary/aromatic N) is 1. The molecule has 0 saturated carbocycles. The molecule has 0 N–H and O–H groups in total. The van der Waals surface area contributed by atoms with Gasteiger partial charge in [0.2, 0.25) is 0 Å². The number of halogens is 1. The van der Waals surface area contributed by atoms with E-state index in [0.717, 1.165) is 18.7 Å². The minimum absolute atomic E-state index is 0.401. The highest BCUT2D eigenvalue weighted by atomic mass is 35.5. The fraction of sp³-hybridized carbons (Fsp3) is 0.538. The Morgan fingerprint density at radius 1 is 1.38 bits per heavy atom. The number of benzene rings is 1. The molecule has 1 aliphatic rings. The smallest absolute Gasteiger partial charge is 0.0750 e. The zero-order valence-electron chi connectivity index (χ0n) is 9.66. The molecular weight excluding hydrogens is 222 g/mol. The van der Waals surface area contributed by atoms with Gasteiger partial charge in [-0.15, -0.1) is 11.6 Å². The molecule has 0 radical (unpaired) electrons. The fourth-order valence-corrected chi connectivity index (χ4v) is 2.22. The zero-order valence-corrected chi connectivity index (χ0v) is 10.4. The molecule has 0 amide bonds. The molecule has 0 bridgehead atoms. The van der Waals surface area contributed by atoms with Gasteiger partial charge in [-0.25, -0.2) is 0 Å². The van der Waals surface area contributed by atoms with Crippen molar-refractivity contribution in [2.24, 2.45) is 0 Å². The maximum Gasteiger partial charge on any atom is 0.0750 e. The molecule has 0 aromatic heterocycles. The molecule has 16 heavy (non-hydrogen) atoms. The molecule has 0 spiro atoms. The maximum atomic E-state index is 5.76. The highest BCUT2D eigenvalue weighted by Gasteiger charge is 2.17. The van der Waals surface area contributed by atoms with Gasteiger partial charge in [0.1, 0.15) is 0 Å². The number of hydrogen-bond donors (Lipinski definition) is 0. The Hall–Kier alpha value is -0.730. The minimum atomic E-state index is 0.401. The Morgan fingerprint density at radius 2 is 2.12 bits per heavy atom. The molecule has 2 rings (SSSR count). The first-order valence-corrected chi connectivity index (χ1v) is 6.30. The van der Waals surface area contributed by atoms with Crippen LogP contribution < -0.4 is 4.90 Å². The van der Waals surface area contributed by atoms with Gasteiger partial charge in [0.15, 0.2) is 0 Å². The summed E-state index contributed by atoms with van der Waals surface area (Å²) < 4.78 is 5.63. The van der Waals surface area contributed by atoms with Crippen LogP contribution in [0.3, 0.4) is 0 Å². The predicted molar refractivity (Wildman–Crippen MR) is 68.2 cm³/mol. The van der Waals surface area contributed by atoms with Crippen molar-refractivity contribution in [2.45, 2.75) is 24.8 Å². The standard InChI is InChI=1S/C13H18ClNO/c1-15(10-13-3-2-8-16-13)12-6-4-11(9-14)5-7-12/h4-7,13H,2-3,8-10H2,1H3. The summed E-state index contributed by atoms with van der Waals surface area (Å²) in [4.78, 5) is 2.24. The van der Waals surface area contributed by atoms with Gasteiger partial charge in [-0.1, -0.05) is 12.1 Å². The average Bonchev–Trinajstić information content (AvgIpc) is 2.82. The van der Waals surface area contributed by atoms with Gasteiger partial charge in [0.05, 0.1) is 6.10 Å². The van der Waals surface area contributed by atoms with E-state index in [9.17, 15) is 0 Å². The van der Waals surface area contributed by atoms with Crippen molar-refractivity contribution in [3.8, 4) is 0 Å². The molecule has 1 aliphatic heterocycles. The second-order valence-corrected chi connectivity index (χ2v) is 4.58. The Kier molecular flexibility index (Phi) is 4.08. The molecule has 0 aliphatic carbocycles. The number of hydrogen-bond acceptors (Lipinski definition) is 2. The van der Waals surface area contributed by atoms with Crippen LogP contribution in [-0.4, -0.2) is 26.3 Å². The SMILES string of the molecule is CN(CC1CCCO1)c1ccc(CCl)cc1. The Morgan fingerprint density at radius 3 is 2.69 bits per heavy atom. The van der Waals surface area contributed by atoms with Crippen molar-refractivity contribution < 1.29 is 4.74 Å². The van der Waals surface area contributed by atoms with Crippen LogP contribution in [-0.2, 0) is 10.6 Å². The third-order valence-electron chi connectivity index (χ3n) is 3.03. The van der Waals surface area contributed by atoms with E-state index in [1.807, 2.05) is 0 Å². The second-order valence-electron chi connectivity index (χ2n) is 4.32. The van der Waals surface area contributed by atoms with E-state index in [2.05, 4.69) is 36.2 Å². The van der Waals surface area contributed by atoms with E-state index in [1.165, 1.54) is 18.5 Å². The van der Waals surface area contributed by atoms with Crippen molar-refractivity contribution >= 4 is 17.3 Å². The molecule has 1 unspecified atom stereocenters. The lowest BCUT2D eigenvalue weighted by molar-refractivity contribution is 0.116. The summed E-state index contributed by atoms with van der Waals surface area (Å²) in [6, 6.07) is 8.39.